The fraction of sp³-hybridized carbons (Fsp3) is 0.667. The number of nitrogens with one attached hydrogen (secondary N) is 4. The number of thiocarbonyl (C=S) groups is 1. The predicted molar refractivity (Wildman–Crippen MR) is 129 cm³/mol. The molecule has 5 nitrogen and oxygen atoms in total. The molecule has 1 aromatic rings. The molecule has 3 atom stereocenters. The van der Waals surface area contributed by atoms with Crippen LogP contribution >= 0.6 is 12.2 Å². The molecule has 1 aromatic carbocycles. The number of benzene rings is 1. The van der Waals surface area contributed by atoms with Crippen molar-refractivity contribution in [2.45, 2.75) is 97.4 Å². The van der Waals surface area contributed by atoms with Crippen LogP contribution in [0.25, 0.3) is 0 Å². The summed E-state index contributed by atoms with van der Waals surface area (Å²) in [6, 6.07) is 10.7. The molecule has 1 aliphatic carbocycles. The van der Waals surface area contributed by atoms with Gasteiger partial charge >= 0.3 is 0 Å². The van der Waals surface area contributed by atoms with E-state index in [1.54, 1.807) is 0 Å². The highest BCUT2D eigenvalue weighted by molar-refractivity contribution is 7.80. The van der Waals surface area contributed by atoms with E-state index in [2.05, 4.69) is 66.3 Å². The van der Waals surface area contributed by atoms with E-state index >= 15 is 0 Å². The highest BCUT2D eigenvalue weighted by atomic mass is 32.1. The van der Waals surface area contributed by atoms with Crippen molar-refractivity contribution in [2.75, 3.05) is 0 Å². The van der Waals surface area contributed by atoms with Crippen LogP contribution in [0.15, 0.2) is 30.3 Å². The van der Waals surface area contributed by atoms with Gasteiger partial charge in [-0.2, -0.15) is 0 Å². The first-order valence-corrected chi connectivity index (χ1v) is 11.5. The maximum absolute atomic E-state index is 12.9. The maximum atomic E-state index is 12.9. The van der Waals surface area contributed by atoms with Crippen molar-refractivity contribution < 1.29 is 4.79 Å². The van der Waals surface area contributed by atoms with Crippen LogP contribution < -0.4 is 21.3 Å². The summed E-state index contributed by atoms with van der Waals surface area (Å²) in [5.74, 6) is -0.0263. The Morgan fingerprint density at radius 1 is 1.03 bits per heavy atom. The summed E-state index contributed by atoms with van der Waals surface area (Å²) in [7, 11) is 0. The van der Waals surface area contributed by atoms with Crippen molar-refractivity contribution in [1.82, 2.24) is 21.3 Å². The Hall–Kier alpha value is -1.66. The second-order valence-corrected chi connectivity index (χ2v) is 10.9. The van der Waals surface area contributed by atoms with Crippen LogP contribution in [0.4, 0.5) is 0 Å². The van der Waals surface area contributed by atoms with Gasteiger partial charge in [0.25, 0.3) is 0 Å². The monoisotopic (exact) mass is 432 g/mol. The highest BCUT2D eigenvalue weighted by Gasteiger charge is 2.34. The second kappa shape index (κ2) is 10.6. The van der Waals surface area contributed by atoms with Crippen molar-refractivity contribution in [2.24, 2.45) is 5.41 Å². The predicted octanol–water partition coefficient (Wildman–Crippen LogP) is 3.88. The summed E-state index contributed by atoms with van der Waals surface area (Å²) < 4.78 is 0. The summed E-state index contributed by atoms with van der Waals surface area (Å²) in [5.41, 5.74) is 0.736. The molecule has 0 aliphatic heterocycles. The van der Waals surface area contributed by atoms with Gasteiger partial charge in [-0.05, 0) is 56.8 Å². The Bertz CT molecular complexity index is 693. The van der Waals surface area contributed by atoms with Crippen molar-refractivity contribution in [3.8, 4) is 0 Å². The van der Waals surface area contributed by atoms with Gasteiger partial charge in [0.2, 0.25) is 5.91 Å². The minimum Gasteiger partial charge on any atom is -0.358 e. The SMILES string of the molecule is CC(C)(C)NC(=O)C(NC(=S)N[C@@H]1CCCC[C@H]1NCc1ccccc1)C(C)(C)C. The van der Waals surface area contributed by atoms with E-state index in [0.29, 0.717) is 11.2 Å². The molecule has 0 spiro atoms. The van der Waals surface area contributed by atoms with Gasteiger partial charge in [-0.15, -0.1) is 0 Å². The first kappa shape index (κ1) is 24.6. The van der Waals surface area contributed by atoms with E-state index in [0.717, 1.165) is 19.4 Å². The van der Waals surface area contributed by atoms with E-state index < -0.39 is 6.04 Å². The zero-order valence-electron chi connectivity index (χ0n) is 19.5. The number of amides is 1. The van der Waals surface area contributed by atoms with E-state index in [1.165, 1.54) is 18.4 Å². The molecule has 6 heteroatoms. The Kier molecular flexibility index (Phi) is 8.68. The third kappa shape index (κ3) is 8.23. The number of hydrogen-bond acceptors (Lipinski definition) is 3. The lowest BCUT2D eigenvalue weighted by Gasteiger charge is -2.37. The van der Waals surface area contributed by atoms with Gasteiger partial charge < -0.3 is 21.3 Å². The van der Waals surface area contributed by atoms with Gasteiger partial charge in [0, 0.05) is 24.2 Å². The normalized spacial score (nSPS) is 20.9. The molecule has 1 fully saturated rings. The van der Waals surface area contributed by atoms with Crippen molar-refractivity contribution in [3.05, 3.63) is 35.9 Å². The molecule has 1 aliphatic rings. The van der Waals surface area contributed by atoms with Gasteiger partial charge in [0.1, 0.15) is 6.04 Å². The Balaban J connectivity index is 1.97. The van der Waals surface area contributed by atoms with Crippen LogP contribution in [0.5, 0.6) is 0 Å². The highest BCUT2D eigenvalue weighted by Crippen LogP contribution is 2.22. The quantitative estimate of drug-likeness (QED) is 0.514. The molecule has 0 aromatic heterocycles. The average Bonchev–Trinajstić information content (AvgIpc) is 2.64. The third-order valence-electron chi connectivity index (χ3n) is 5.40. The molecule has 0 heterocycles. The number of rotatable bonds is 6. The number of hydrogen-bond donors (Lipinski definition) is 4. The van der Waals surface area contributed by atoms with Crippen LogP contribution in [-0.4, -0.2) is 34.7 Å². The largest absolute Gasteiger partial charge is 0.358 e. The van der Waals surface area contributed by atoms with Crippen LogP contribution in [-0.2, 0) is 11.3 Å². The standard InChI is InChI=1S/C24H40N4OS/c1-23(2,3)20(21(29)28-24(4,5)6)27-22(30)26-19-15-11-10-14-18(19)25-16-17-12-8-7-9-13-17/h7-9,12-13,18-20,25H,10-11,14-16H2,1-6H3,(H,28,29)(H2,26,27,30)/t18-,19-,20?/m1/s1. The molecule has 0 bridgehead atoms. The van der Waals surface area contributed by atoms with E-state index in [1.807, 2.05) is 26.8 Å². The molecule has 1 amide bonds. The lowest BCUT2D eigenvalue weighted by molar-refractivity contribution is -0.126. The van der Waals surface area contributed by atoms with Gasteiger partial charge in [0.15, 0.2) is 5.11 Å². The van der Waals surface area contributed by atoms with E-state index in [-0.39, 0.29) is 22.9 Å². The summed E-state index contributed by atoms with van der Waals surface area (Å²) in [4.78, 5) is 12.9. The van der Waals surface area contributed by atoms with E-state index in [9.17, 15) is 4.79 Å². The fourth-order valence-corrected chi connectivity index (χ4v) is 4.12. The van der Waals surface area contributed by atoms with Crippen LogP contribution in [0.3, 0.4) is 0 Å². The van der Waals surface area contributed by atoms with Crippen LogP contribution in [0, 0.1) is 5.41 Å². The van der Waals surface area contributed by atoms with Crippen molar-refractivity contribution in [3.63, 3.8) is 0 Å². The minimum atomic E-state index is -0.406. The Morgan fingerprint density at radius 2 is 1.63 bits per heavy atom. The molecule has 30 heavy (non-hydrogen) atoms. The molecule has 4 N–H and O–H groups in total. The average molecular weight is 433 g/mol. The molecule has 168 valence electrons. The summed E-state index contributed by atoms with van der Waals surface area (Å²) >= 11 is 5.64. The van der Waals surface area contributed by atoms with Crippen LogP contribution in [0.2, 0.25) is 0 Å². The fourth-order valence-electron chi connectivity index (χ4n) is 3.85. The van der Waals surface area contributed by atoms with Gasteiger partial charge in [-0.1, -0.05) is 63.9 Å². The molecule has 1 unspecified atom stereocenters. The maximum Gasteiger partial charge on any atom is 0.243 e. The van der Waals surface area contributed by atoms with Gasteiger partial charge in [-0.25, -0.2) is 0 Å². The van der Waals surface area contributed by atoms with Crippen LogP contribution in [0.1, 0.15) is 72.8 Å². The Morgan fingerprint density at radius 3 is 2.20 bits per heavy atom. The van der Waals surface area contributed by atoms with Crippen molar-refractivity contribution in [1.29, 1.82) is 0 Å². The number of carbonyl (C=O) groups excluding carboxylic acids is 1. The molecule has 0 saturated heterocycles. The zero-order valence-corrected chi connectivity index (χ0v) is 20.3. The minimum absolute atomic E-state index is 0.0263. The summed E-state index contributed by atoms with van der Waals surface area (Å²) in [6.07, 6.45) is 4.61. The third-order valence-corrected chi connectivity index (χ3v) is 5.63. The molecular formula is C24H40N4OS. The van der Waals surface area contributed by atoms with Crippen molar-refractivity contribution >= 4 is 23.2 Å². The lowest BCUT2D eigenvalue weighted by atomic mass is 9.85. The number of carbonyl (C=O) groups is 1. The zero-order chi connectivity index (χ0) is 22.4. The lowest BCUT2D eigenvalue weighted by Crippen LogP contribution is -2.61. The Labute approximate surface area is 188 Å². The molecule has 0 radical (unpaired) electrons. The molecular weight excluding hydrogens is 392 g/mol. The molecule has 2 rings (SSSR count). The first-order valence-electron chi connectivity index (χ1n) is 11.1. The van der Waals surface area contributed by atoms with E-state index in [4.69, 9.17) is 12.2 Å². The topological polar surface area (TPSA) is 65.2 Å². The summed E-state index contributed by atoms with van der Waals surface area (Å²) in [5, 5.41) is 14.1. The molecule has 1 saturated carbocycles. The second-order valence-electron chi connectivity index (χ2n) is 10.5. The first-order chi connectivity index (χ1) is 14.0. The van der Waals surface area contributed by atoms with Gasteiger partial charge in [0.05, 0.1) is 0 Å². The smallest absolute Gasteiger partial charge is 0.243 e. The van der Waals surface area contributed by atoms with Gasteiger partial charge in [-0.3, -0.25) is 4.79 Å². The summed E-state index contributed by atoms with van der Waals surface area (Å²) in [6.45, 7) is 13.0.